The molecule has 0 atom stereocenters. The third kappa shape index (κ3) is 5.70. The van der Waals surface area contributed by atoms with Crippen LogP contribution >= 0.6 is 0 Å². The maximum atomic E-state index is 14.2. The van der Waals surface area contributed by atoms with Gasteiger partial charge >= 0.3 is 0 Å². The highest BCUT2D eigenvalue weighted by molar-refractivity contribution is 5.78. The molecule has 228 valence electrons. The van der Waals surface area contributed by atoms with Gasteiger partial charge in [0.25, 0.3) is 6.43 Å². The number of imidazole rings is 1. The van der Waals surface area contributed by atoms with Crippen LogP contribution in [-0.2, 0) is 4.74 Å². The molecule has 1 saturated heterocycles. The fraction of sp³-hybridized carbons (Fsp3) is 0.645. The average Bonchev–Trinajstić information content (AvgIpc) is 3.40. The molecule has 0 amide bonds. The standard InChI is InChI=1S/C31H43F2N7O2/c1-4-39(21-29(2,3)41)31-12-9-30(10-13-31,11-14-31)20-34-24-19-25(37-28(36-24)38-15-17-42-18-16-38)40-23-8-6-5-7-22(23)35-27(40)26(32)33/h5-8,19,26,41H,4,9-18,20-21H2,1-3H3,(H,34,36,37). The van der Waals surface area contributed by atoms with E-state index in [0.29, 0.717) is 61.5 Å². The van der Waals surface area contributed by atoms with Gasteiger partial charge in [0, 0.05) is 37.8 Å². The molecule has 3 saturated carbocycles. The summed E-state index contributed by atoms with van der Waals surface area (Å²) in [5.74, 6) is 1.20. The van der Waals surface area contributed by atoms with Crippen molar-refractivity contribution >= 4 is 22.8 Å². The second-order valence-electron chi connectivity index (χ2n) is 13.0. The Morgan fingerprint density at radius 2 is 1.74 bits per heavy atom. The smallest absolute Gasteiger partial charge is 0.296 e. The number of alkyl halides is 2. The zero-order chi connectivity index (χ0) is 29.5. The Morgan fingerprint density at radius 3 is 2.38 bits per heavy atom. The number of anilines is 2. The van der Waals surface area contributed by atoms with Gasteiger partial charge in [-0.1, -0.05) is 19.1 Å². The Kier molecular flexibility index (Phi) is 7.86. The highest BCUT2D eigenvalue weighted by atomic mass is 19.3. The zero-order valence-corrected chi connectivity index (χ0v) is 25.0. The Hall–Kier alpha value is -2.89. The molecule has 7 rings (SSSR count). The van der Waals surface area contributed by atoms with Crippen molar-refractivity contribution in [2.75, 3.05) is 56.2 Å². The number of morpholine rings is 1. The number of aromatic nitrogens is 4. The van der Waals surface area contributed by atoms with Crippen molar-refractivity contribution in [2.24, 2.45) is 5.41 Å². The van der Waals surface area contributed by atoms with Crippen LogP contribution in [0.3, 0.4) is 0 Å². The Labute approximate surface area is 246 Å². The van der Waals surface area contributed by atoms with Gasteiger partial charge in [-0.05, 0) is 76.5 Å². The van der Waals surface area contributed by atoms with Crippen LogP contribution in [0.4, 0.5) is 20.5 Å². The van der Waals surface area contributed by atoms with E-state index in [0.717, 1.165) is 51.6 Å². The molecule has 9 nitrogen and oxygen atoms in total. The molecule has 0 unspecified atom stereocenters. The number of fused-ring (bicyclic) bond motifs is 4. The maximum Gasteiger partial charge on any atom is 0.296 e. The highest BCUT2D eigenvalue weighted by Crippen LogP contribution is 2.54. The molecule has 1 aromatic carbocycles. The molecule has 42 heavy (non-hydrogen) atoms. The molecular weight excluding hydrogens is 540 g/mol. The van der Waals surface area contributed by atoms with E-state index in [2.05, 4.69) is 27.0 Å². The minimum atomic E-state index is -2.75. The van der Waals surface area contributed by atoms with E-state index in [4.69, 9.17) is 14.7 Å². The van der Waals surface area contributed by atoms with E-state index < -0.39 is 12.0 Å². The van der Waals surface area contributed by atoms with Crippen molar-refractivity contribution in [1.82, 2.24) is 24.4 Å². The normalized spacial score (nSPS) is 24.7. The van der Waals surface area contributed by atoms with Gasteiger partial charge in [-0.2, -0.15) is 9.97 Å². The molecule has 2 aromatic heterocycles. The number of benzene rings is 1. The van der Waals surface area contributed by atoms with Crippen molar-refractivity contribution in [2.45, 2.75) is 76.9 Å². The number of likely N-dealkylation sites (N-methyl/N-ethyl adjacent to an activating group) is 1. The average molecular weight is 584 g/mol. The van der Waals surface area contributed by atoms with Crippen LogP contribution in [0.25, 0.3) is 16.9 Å². The van der Waals surface area contributed by atoms with E-state index in [-0.39, 0.29) is 16.8 Å². The number of hydrogen-bond acceptors (Lipinski definition) is 8. The second-order valence-corrected chi connectivity index (χ2v) is 13.0. The number of nitrogens with one attached hydrogen (secondary N) is 1. The summed E-state index contributed by atoms with van der Waals surface area (Å²) >= 11 is 0. The first-order chi connectivity index (χ1) is 20.1. The molecule has 3 aliphatic carbocycles. The second kappa shape index (κ2) is 11.3. The molecule has 3 heterocycles. The lowest BCUT2D eigenvalue weighted by Gasteiger charge is -2.58. The Bertz CT molecular complexity index is 1380. The number of aliphatic hydroxyl groups is 1. The van der Waals surface area contributed by atoms with Crippen molar-refractivity contribution in [3.8, 4) is 5.82 Å². The van der Waals surface area contributed by atoms with Crippen molar-refractivity contribution in [3.63, 3.8) is 0 Å². The largest absolute Gasteiger partial charge is 0.389 e. The summed E-state index contributed by atoms with van der Waals surface area (Å²) in [5.41, 5.74) is 0.704. The molecule has 4 fully saturated rings. The van der Waals surface area contributed by atoms with Gasteiger partial charge in [0.05, 0.1) is 29.8 Å². The molecule has 2 bridgehead atoms. The van der Waals surface area contributed by atoms with Crippen LogP contribution in [0.5, 0.6) is 0 Å². The number of rotatable bonds is 10. The van der Waals surface area contributed by atoms with Crippen LogP contribution in [0, 0.1) is 5.41 Å². The predicted molar refractivity (Wildman–Crippen MR) is 160 cm³/mol. The summed E-state index contributed by atoms with van der Waals surface area (Å²) in [7, 11) is 0. The van der Waals surface area contributed by atoms with Crippen LogP contribution in [0.15, 0.2) is 30.3 Å². The Morgan fingerprint density at radius 1 is 1.05 bits per heavy atom. The molecule has 0 radical (unpaired) electrons. The first-order valence-corrected chi connectivity index (χ1v) is 15.3. The van der Waals surface area contributed by atoms with Crippen LogP contribution in [-0.4, -0.2) is 86.6 Å². The minimum Gasteiger partial charge on any atom is -0.389 e. The quantitative estimate of drug-likeness (QED) is 0.337. The predicted octanol–water partition coefficient (Wildman–Crippen LogP) is 5.19. The summed E-state index contributed by atoms with van der Waals surface area (Å²) in [6.07, 6.45) is 3.93. The zero-order valence-electron chi connectivity index (χ0n) is 25.0. The third-order valence-corrected chi connectivity index (χ3v) is 9.64. The summed E-state index contributed by atoms with van der Waals surface area (Å²) in [4.78, 5) is 18.4. The topological polar surface area (TPSA) is 91.6 Å². The molecule has 0 spiro atoms. The van der Waals surface area contributed by atoms with Crippen LogP contribution in [0.1, 0.15) is 71.5 Å². The molecule has 1 aliphatic heterocycles. The monoisotopic (exact) mass is 583 g/mol. The summed E-state index contributed by atoms with van der Waals surface area (Å²) in [6.45, 7) is 10.8. The lowest BCUT2D eigenvalue weighted by molar-refractivity contribution is -0.0776. The van der Waals surface area contributed by atoms with Gasteiger partial charge in [-0.15, -0.1) is 0 Å². The number of β-amino-alcohol motifs (C(OH)–C–C–N with tert-alkyl or cyclic N) is 1. The molecule has 3 aromatic rings. The molecular formula is C31H43F2N7O2. The number of ether oxygens (including phenoxy) is 1. The van der Waals surface area contributed by atoms with Crippen molar-refractivity contribution in [3.05, 3.63) is 36.2 Å². The van der Waals surface area contributed by atoms with Gasteiger partial charge in [-0.3, -0.25) is 9.47 Å². The molecule has 4 aliphatic rings. The van der Waals surface area contributed by atoms with Crippen LogP contribution < -0.4 is 10.2 Å². The molecule has 2 N–H and O–H groups in total. The van der Waals surface area contributed by atoms with Gasteiger partial charge in [-0.25, -0.2) is 13.8 Å². The number of nitrogens with zero attached hydrogens (tertiary/aromatic N) is 6. The van der Waals surface area contributed by atoms with E-state index >= 15 is 0 Å². The summed E-state index contributed by atoms with van der Waals surface area (Å²) < 4.78 is 35.4. The van der Waals surface area contributed by atoms with Gasteiger partial charge in [0.2, 0.25) is 5.95 Å². The van der Waals surface area contributed by atoms with E-state index in [1.54, 1.807) is 24.3 Å². The SMILES string of the molecule is CCN(CC(C)(C)O)C12CCC(CNc3cc(-n4c(C(F)F)nc5ccccc54)nc(N4CCOCC4)n3)(CC1)CC2. The summed E-state index contributed by atoms with van der Waals surface area (Å²) in [5, 5.41) is 14.1. The number of halogens is 2. The maximum absolute atomic E-state index is 14.2. The Balaban J connectivity index is 1.27. The summed E-state index contributed by atoms with van der Waals surface area (Å²) in [6, 6.07) is 8.94. The lowest BCUT2D eigenvalue weighted by atomic mass is 9.56. The number of para-hydroxylation sites is 2. The number of hydrogen-bond donors (Lipinski definition) is 2. The highest BCUT2D eigenvalue weighted by Gasteiger charge is 2.51. The van der Waals surface area contributed by atoms with Gasteiger partial charge in [0.15, 0.2) is 5.82 Å². The molecule has 11 heteroatoms. The third-order valence-electron chi connectivity index (χ3n) is 9.64. The lowest BCUT2D eigenvalue weighted by Crippen LogP contribution is -2.60. The van der Waals surface area contributed by atoms with E-state index in [9.17, 15) is 13.9 Å². The first kappa shape index (κ1) is 29.2. The van der Waals surface area contributed by atoms with E-state index in [1.807, 2.05) is 19.9 Å². The van der Waals surface area contributed by atoms with Crippen molar-refractivity contribution in [1.29, 1.82) is 0 Å². The fourth-order valence-electron chi connectivity index (χ4n) is 7.31. The minimum absolute atomic E-state index is 0.163. The van der Waals surface area contributed by atoms with Crippen LogP contribution in [0.2, 0.25) is 0 Å². The first-order valence-electron chi connectivity index (χ1n) is 15.3. The fourth-order valence-corrected chi connectivity index (χ4v) is 7.31. The van der Waals surface area contributed by atoms with Crippen molar-refractivity contribution < 1.29 is 18.6 Å². The van der Waals surface area contributed by atoms with E-state index in [1.165, 1.54) is 4.57 Å². The van der Waals surface area contributed by atoms with Gasteiger partial charge < -0.3 is 20.1 Å². The van der Waals surface area contributed by atoms with Gasteiger partial charge in [0.1, 0.15) is 11.6 Å².